The van der Waals surface area contributed by atoms with Crippen molar-refractivity contribution >= 4 is 46.2 Å². The first-order valence-electron chi connectivity index (χ1n) is 10.8. The molecular formula is C26H24ClN3O2S. The van der Waals surface area contributed by atoms with Gasteiger partial charge in [0, 0.05) is 22.0 Å². The van der Waals surface area contributed by atoms with Crippen molar-refractivity contribution in [2.45, 2.75) is 32.5 Å². The Morgan fingerprint density at radius 2 is 1.73 bits per heavy atom. The predicted molar refractivity (Wildman–Crippen MR) is 136 cm³/mol. The average Bonchev–Trinajstić information content (AvgIpc) is 2.77. The van der Waals surface area contributed by atoms with Gasteiger partial charge in [-0.3, -0.25) is 9.69 Å². The summed E-state index contributed by atoms with van der Waals surface area (Å²) in [5.41, 5.74) is 3.65. The molecule has 7 heteroatoms. The van der Waals surface area contributed by atoms with Gasteiger partial charge in [0.15, 0.2) is 10.8 Å². The van der Waals surface area contributed by atoms with Crippen LogP contribution in [-0.4, -0.2) is 16.7 Å². The molecule has 5 nitrogen and oxygen atoms in total. The van der Waals surface area contributed by atoms with Crippen LogP contribution in [0.15, 0.2) is 66.7 Å². The number of nitrogens with one attached hydrogen (secondary N) is 2. The molecule has 1 amide bonds. The highest BCUT2D eigenvalue weighted by molar-refractivity contribution is 7.80. The molecule has 0 saturated carbocycles. The maximum atomic E-state index is 13.8. The topological polar surface area (TPSA) is 53.6 Å². The Kier molecular flexibility index (Phi) is 5.30. The van der Waals surface area contributed by atoms with Crippen LogP contribution < -0.4 is 20.3 Å². The van der Waals surface area contributed by atoms with E-state index in [-0.39, 0.29) is 11.9 Å². The summed E-state index contributed by atoms with van der Waals surface area (Å²) >= 11 is 11.8. The molecule has 0 unspecified atom stereocenters. The molecule has 3 aromatic carbocycles. The summed E-state index contributed by atoms with van der Waals surface area (Å²) in [4.78, 5) is 15.7. The molecule has 1 fully saturated rings. The number of fused-ring (bicyclic) bond motifs is 4. The third-order valence-electron chi connectivity index (χ3n) is 6.34. The molecule has 3 aromatic rings. The van der Waals surface area contributed by atoms with Gasteiger partial charge in [-0.15, -0.1) is 0 Å². The number of rotatable bonds is 3. The average molecular weight is 478 g/mol. The van der Waals surface area contributed by atoms with Gasteiger partial charge in [0.25, 0.3) is 0 Å². The van der Waals surface area contributed by atoms with E-state index in [1.54, 1.807) is 24.3 Å². The molecule has 0 radical (unpaired) electrons. The molecule has 5 rings (SSSR count). The first-order chi connectivity index (χ1) is 15.8. The molecule has 0 spiro atoms. The summed E-state index contributed by atoms with van der Waals surface area (Å²) in [7, 11) is 0. The van der Waals surface area contributed by atoms with Crippen molar-refractivity contribution in [2.75, 3.05) is 10.2 Å². The van der Waals surface area contributed by atoms with Gasteiger partial charge in [-0.2, -0.15) is 0 Å². The summed E-state index contributed by atoms with van der Waals surface area (Å²) in [5.74, 6) is -0.00433. The van der Waals surface area contributed by atoms with Gasteiger partial charge in [0.05, 0.1) is 6.04 Å². The SMILES string of the molecule is Cc1ccc(N2C(=S)N[C@H]3c4cc(C)ccc4O[C@@]2(C)[C@@H]3C(=O)Nc2ccc(Cl)cc2)cc1. The van der Waals surface area contributed by atoms with Gasteiger partial charge in [0.1, 0.15) is 11.7 Å². The van der Waals surface area contributed by atoms with E-state index in [1.165, 1.54) is 0 Å². The maximum absolute atomic E-state index is 13.8. The van der Waals surface area contributed by atoms with Gasteiger partial charge in [-0.05, 0) is 75.5 Å². The van der Waals surface area contributed by atoms with E-state index in [0.717, 1.165) is 28.1 Å². The second kappa shape index (κ2) is 8.04. The number of halogens is 1. The number of hydrogen-bond acceptors (Lipinski definition) is 3. The Morgan fingerprint density at radius 1 is 1.06 bits per heavy atom. The zero-order valence-electron chi connectivity index (χ0n) is 18.6. The summed E-state index contributed by atoms with van der Waals surface area (Å²) < 4.78 is 6.62. The number of carbonyl (C=O) groups excluding carboxylic acids is 1. The van der Waals surface area contributed by atoms with E-state index in [1.807, 2.05) is 62.1 Å². The van der Waals surface area contributed by atoms with E-state index in [4.69, 9.17) is 28.6 Å². The van der Waals surface area contributed by atoms with Gasteiger partial charge >= 0.3 is 0 Å². The van der Waals surface area contributed by atoms with Gasteiger partial charge in [-0.1, -0.05) is 47.0 Å². The van der Waals surface area contributed by atoms with E-state index in [9.17, 15) is 4.79 Å². The van der Waals surface area contributed by atoms with Crippen LogP contribution in [0.2, 0.25) is 5.02 Å². The smallest absolute Gasteiger partial charge is 0.236 e. The molecule has 2 bridgehead atoms. The Bertz CT molecular complexity index is 1250. The van der Waals surface area contributed by atoms with Crippen molar-refractivity contribution in [3.8, 4) is 5.75 Å². The van der Waals surface area contributed by atoms with E-state index < -0.39 is 11.6 Å². The second-order valence-corrected chi connectivity index (χ2v) is 9.59. The molecule has 2 aliphatic rings. The largest absolute Gasteiger partial charge is 0.467 e. The first-order valence-corrected chi connectivity index (χ1v) is 11.6. The minimum Gasteiger partial charge on any atom is -0.467 e. The maximum Gasteiger partial charge on any atom is 0.236 e. The fourth-order valence-electron chi connectivity index (χ4n) is 4.74. The standard InChI is InChI=1S/C26H24ClN3O2S/c1-15-4-11-19(12-5-15)30-25(33)29-23-20-14-16(2)6-13-21(20)32-26(30,3)22(23)24(31)28-18-9-7-17(27)8-10-18/h4-14,22-23H,1-3H3,(H,28,31)(H,29,33)/t22-,23-,26-/m0/s1. The Balaban J connectivity index is 1.62. The van der Waals surface area contributed by atoms with E-state index in [2.05, 4.69) is 16.7 Å². The van der Waals surface area contributed by atoms with Crippen molar-refractivity contribution in [2.24, 2.45) is 5.92 Å². The number of carbonyl (C=O) groups is 1. The summed E-state index contributed by atoms with van der Waals surface area (Å²) in [6, 6.07) is 20.8. The van der Waals surface area contributed by atoms with Crippen LogP contribution in [0.1, 0.15) is 29.7 Å². The highest BCUT2D eigenvalue weighted by Gasteiger charge is 2.59. The highest BCUT2D eigenvalue weighted by Crippen LogP contribution is 2.50. The zero-order valence-corrected chi connectivity index (χ0v) is 20.1. The van der Waals surface area contributed by atoms with Gasteiger partial charge in [-0.25, -0.2) is 0 Å². The first kappa shape index (κ1) is 21.7. The lowest BCUT2D eigenvalue weighted by Crippen LogP contribution is -2.72. The van der Waals surface area contributed by atoms with Crippen LogP contribution in [0.25, 0.3) is 0 Å². The number of thiocarbonyl (C=S) groups is 1. The van der Waals surface area contributed by atoms with Crippen molar-refractivity contribution in [3.05, 3.63) is 88.4 Å². The van der Waals surface area contributed by atoms with Crippen molar-refractivity contribution in [1.29, 1.82) is 0 Å². The van der Waals surface area contributed by atoms with Gasteiger partial charge < -0.3 is 15.4 Å². The fraction of sp³-hybridized carbons (Fsp3) is 0.231. The number of aryl methyl sites for hydroxylation is 2. The van der Waals surface area contributed by atoms with Crippen molar-refractivity contribution in [3.63, 3.8) is 0 Å². The summed E-state index contributed by atoms with van der Waals surface area (Å²) in [5, 5.41) is 7.62. The fourth-order valence-corrected chi connectivity index (χ4v) is 5.28. The lowest BCUT2D eigenvalue weighted by atomic mass is 9.78. The Labute approximate surface area is 203 Å². The van der Waals surface area contributed by atoms with Crippen molar-refractivity contribution in [1.82, 2.24) is 5.32 Å². The molecule has 2 heterocycles. The second-order valence-electron chi connectivity index (χ2n) is 8.77. The van der Waals surface area contributed by atoms with E-state index >= 15 is 0 Å². The van der Waals surface area contributed by atoms with Crippen LogP contribution in [0, 0.1) is 19.8 Å². The minimum absolute atomic E-state index is 0.163. The lowest BCUT2D eigenvalue weighted by molar-refractivity contribution is -0.130. The molecule has 1 saturated heterocycles. The molecule has 168 valence electrons. The molecule has 2 aliphatic heterocycles. The lowest BCUT2D eigenvalue weighted by Gasteiger charge is -2.56. The van der Waals surface area contributed by atoms with E-state index in [0.29, 0.717) is 15.8 Å². The number of ether oxygens (including phenoxy) is 1. The third-order valence-corrected chi connectivity index (χ3v) is 6.89. The van der Waals surface area contributed by atoms with Crippen molar-refractivity contribution < 1.29 is 9.53 Å². The Morgan fingerprint density at radius 3 is 2.42 bits per heavy atom. The third kappa shape index (κ3) is 3.73. The van der Waals surface area contributed by atoms with Crippen LogP contribution in [0.3, 0.4) is 0 Å². The minimum atomic E-state index is -1.04. The van der Waals surface area contributed by atoms with Crippen LogP contribution >= 0.6 is 23.8 Å². The number of amides is 1. The monoisotopic (exact) mass is 477 g/mol. The van der Waals surface area contributed by atoms with Crippen LogP contribution in [0.4, 0.5) is 11.4 Å². The zero-order chi connectivity index (χ0) is 23.3. The van der Waals surface area contributed by atoms with Gasteiger partial charge in [0.2, 0.25) is 5.91 Å². The molecular weight excluding hydrogens is 454 g/mol. The molecule has 33 heavy (non-hydrogen) atoms. The molecule has 0 aromatic heterocycles. The summed E-state index contributed by atoms with van der Waals surface area (Å²) in [6.45, 7) is 5.99. The number of nitrogens with zero attached hydrogens (tertiary/aromatic N) is 1. The van der Waals surface area contributed by atoms with Crippen LogP contribution in [0.5, 0.6) is 5.75 Å². The number of anilines is 2. The molecule has 0 aliphatic carbocycles. The quantitative estimate of drug-likeness (QED) is 0.470. The molecule has 2 N–H and O–H groups in total. The highest BCUT2D eigenvalue weighted by atomic mass is 35.5. The number of hydrogen-bond donors (Lipinski definition) is 2. The normalized spacial score (nSPS) is 23.3. The number of benzene rings is 3. The summed E-state index contributed by atoms with van der Waals surface area (Å²) in [6.07, 6.45) is 0. The Hall–Kier alpha value is -3.09. The molecule has 3 atom stereocenters. The van der Waals surface area contributed by atoms with Crippen LogP contribution in [-0.2, 0) is 4.79 Å². The predicted octanol–water partition coefficient (Wildman–Crippen LogP) is 5.76.